The van der Waals surface area contributed by atoms with Gasteiger partial charge in [-0.15, -0.1) is 0 Å². The maximum atomic E-state index is 12.2. The van der Waals surface area contributed by atoms with Gasteiger partial charge in [0.25, 0.3) is 0 Å². The molecule has 5 rings (SSSR count). The molecule has 1 amide bonds. The number of rotatable bonds is 7. The van der Waals surface area contributed by atoms with Crippen molar-refractivity contribution in [3.8, 4) is 0 Å². The zero-order valence-electron chi connectivity index (χ0n) is 16.7. The van der Waals surface area contributed by atoms with Crippen molar-refractivity contribution in [1.82, 2.24) is 5.32 Å². The Labute approximate surface area is 167 Å². The zero-order valence-corrected chi connectivity index (χ0v) is 16.7. The van der Waals surface area contributed by atoms with Gasteiger partial charge in [-0.05, 0) is 73.7 Å². The molecule has 4 bridgehead atoms. The van der Waals surface area contributed by atoms with E-state index < -0.39 is 0 Å². The standard InChI is InChI=1S/C23H31NO4/c1-2-27-21(25)10-20-18-8-17-9-19(20)13-23(11-17,12-18)15-24-22(26)28-14-16-6-4-3-5-7-16/h3-7,17-20H,2,8-15H2,1H3,(H,24,26)/t17?,18-,19+,20?,23-. The summed E-state index contributed by atoms with van der Waals surface area (Å²) in [5.41, 5.74) is 1.18. The molecular weight excluding hydrogens is 354 g/mol. The third kappa shape index (κ3) is 4.18. The van der Waals surface area contributed by atoms with Crippen LogP contribution in [-0.4, -0.2) is 25.2 Å². The highest BCUT2D eigenvalue weighted by atomic mass is 16.5. The summed E-state index contributed by atoms with van der Waals surface area (Å²) in [6, 6.07) is 9.75. The fourth-order valence-electron chi connectivity index (χ4n) is 6.29. The fraction of sp³-hybridized carbons (Fsp3) is 0.652. The highest BCUT2D eigenvalue weighted by Gasteiger charge is 2.55. The van der Waals surface area contributed by atoms with Crippen molar-refractivity contribution >= 4 is 12.1 Å². The van der Waals surface area contributed by atoms with E-state index >= 15 is 0 Å². The van der Waals surface area contributed by atoms with E-state index in [0.29, 0.717) is 43.9 Å². The summed E-state index contributed by atoms with van der Waals surface area (Å²) in [5.74, 6) is 2.36. The molecule has 4 saturated carbocycles. The van der Waals surface area contributed by atoms with Crippen LogP contribution in [0.1, 0.15) is 51.0 Å². The van der Waals surface area contributed by atoms with Crippen LogP contribution in [-0.2, 0) is 20.9 Å². The van der Waals surface area contributed by atoms with Crippen molar-refractivity contribution in [3.05, 3.63) is 35.9 Å². The van der Waals surface area contributed by atoms with E-state index in [-0.39, 0.29) is 17.5 Å². The molecule has 4 aliphatic carbocycles. The lowest BCUT2D eigenvalue weighted by atomic mass is 9.45. The third-order valence-electron chi connectivity index (χ3n) is 7.12. The Hall–Kier alpha value is -2.04. The zero-order chi connectivity index (χ0) is 19.6. The topological polar surface area (TPSA) is 64.6 Å². The van der Waals surface area contributed by atoms with Gasteiger partial charge in [-0.1, -0.05) is 30.3 Å². The average Bonchev–Trinajstić information content (AvgIpc) is 2.68. The smallest absolute Gasteiger partial charge is 0.407 e. The molecule has 0 radical (unpaired) electrons. The molecule has 4 aliphatic rings. The molecule has 0 aliphatic heterocycles. The molecule has 5 heteroatoms. The first-order valence-corrected chi connectivity index (χ1v) is 10.7. The van der Waals surface area contributed by atoms with Gasteiger partial charge in [0.1, 0.15) is 6.61 Å². The Morgan fingerprint density at radius 1 is 1.07 bits per heavy atom. The monoisotopic (exact) mass is 385 g/mol. The van der Waals surface area contributed by atoms with Gasteiger partial charge in [0.2, 0.25) is 0 Å². The Bertz CT molecular complexity index is 688. The first-order valence-electron chi connectivity index (χ1n) is 10.7. The Morgan fingerprint density at radius 3 is 2.46 bits per heavy atom. The van der Waals surface area contributed by atoms with Crippen LogP contribution >= 0.6 is 0 Å². The van der Waals surface area contributed by atoms with Crippen LogP contribution in [0.25, 0.3) is 0 Å². The van der Waals surface area contributed by atoms with Crippen molar-refractivity contribution in [2.24, 2.45) is 29.1 Å². The highest BCUT2D eigenvalue weighted by molar-refractivity contribution is 5.69. The van der Waals surface area contributed by atoms with Crippen molar-refractivity contribution < 1.29 is 19.1 Å². The highest BCUT2D eigenvalue weighted by Crippen LogP contribution is 2.62. The van der Waals surface area contributed by atoms with E-state index in [0.717, 1.165) is 24.3 Å². The quantitative estimate of drug-likeness (QED) is 0.711. The van der Waals surface area contributed by atoms with Crippen LogP contribution in [0, 0.1) is 29.1 Å². The molecule has 4 fully saturated rings. The molecule has 1 N–H and O–H groups in total. The number of carbonyl (C=O) groups is 2. The van der Waals surface area contributed by atoms with Crippen LogP contribution in [0.4, 0.5) is 4.79 Å². The largest absolute Gasteiger partial charge is 0.466 e. The summed E-state index contributed by atoms with van der Waals surface area (Å²) >= 11 is 0. The second-order valence-corrected chi connectivity index (χ2v) is 9.06. The van der Waals surface area contributed by atoms with Gasteiger partial charge in [-0.25, -0.2) is 4.79 Å². The molecule has 0 saturated heterocycles. The summed E-state index contributed by atoms with van der Waals surface area (Å²) in [6.45, 7) is 3.32. The number of benzene rings is 1. The van der Waals surface area contributed by atoms with Crippen LogP contribution in [0.3, 0.4) is 0 Å². The van der Waals surface area contributed by atoms with E-state index in [1.54, 1.807) is 0 Å². The molecule has 1 aromatic carbocycles. The number of carbonyl (C=O) groups excluding carboxylic acids is 2. The minimum absolute atomic E-state index is 0.0448. The lowest BCUT2D eigenvalue weighted by Crippen LogP contribution is -2.55. The van der Waals surface area contributed by atoms with E-state index in [4.69, 9.17) is 9.47 Å². The minimum Gasteiger partial charge on any atom is -0.466 e. The van der Waals surface area contributed by atoms with Crippen molar-refractivity contribution in [2.75, 3.05) is 13.2 Å². The van der Waals surface area contributed by atoms with E-state index in [9.17, 15) is 9.59 Å². The SMILES string of the molecule is CCOC(=O)CC1[C@@H]2CC3C[C@H]1C[C@@](CNC(=O)OCc1ccccc1)(C3)C2. The molecule has 5 nitrogen and oxygen atoms in total. The van der Waals surface area contributed by atoms with Gasteiger partial charge in [0.05, 0.1) is 6.61 Å². The number of amides is 1. The number of hydrogen-bond donors (Lipinski definition) is 1. The Kier molecular flexibility index (Phi) is 5.61. The predicted molar refractivity (Wildman–Crippen MR) is 105 cm³/mol. The van der Waals surface area contributed by atoms with E-state index in [1.807, 2.05) is 37.3 Å². The summed E-state index contributed by atoms with van der Waals surface area (Å²) in [5, 5.41) is 3.03. The third-order valence-corrected chi connectivity index (χ3v) is 7.12. The van der Waals surface area contributed by atoms with E-state index in [2.05, 4.69) is 5.32 Å². The van der Waals surface area contributed by atoms with Crippen molar-refractivity contribution in [1.29, 1.82) is 0 Å². The summed E-state index contributed by atoms with van der Waals surface area (Å²) in [4.78, 5) is 24.2. The van der Waals surface area contributed by atoms with Crippen LogP contribution in [0.5, 0.6) is 0 Å². The van der Waals surface area contributed by atoms with E-state index in [1.165, 1.54) is 19.3 Å². The molecule has 1 aromatic rings. The molecule has 2 unspecified atom stereocenters. The summed E-state index contributed by atoms with van der Waals surface area (Å²) < 4.78 is 10.6. The minimum atomic E-state index is -0.331. The number of nitrogens with one attached hydrogen (secondary N) is 1. The first kappa shape index (κ1) is 19.3. The van der Waals surface area contributed by atoms with Gasteiger partial charge in [-0.2, -0.15) is 0 Å². The normalized spacial score (nSPS) is 32.8. The number of hydrogen-bond acceptors (Lipinski definition) is 4. The molecular formula is C23H31NO4. The van der Waals surface area contributed by atoms with Crippen LogP contribution in [0.2, 0.25) is 0 Å². The second kappa shape index (κ2) is 8.14. The summed E-state index contributed by atoms with van der Waals surface area (Å²) in [6.07, 6.45) is 6.14. The maximum Gasteiger partial charge on any atom is 0.407 e. The maximum absolute atomic E-state index is 12.2. The van der Waals surface area contributed by atoms with Gasteiger partial charge < -0.3 is 14.8 Å². The molecule has 0 aromatic heterocycles. The number of esters is 1. The van der Waals surface area contributed by atoms with Crippen LogP contribution in [0.15, 0.2) is 30.3 Å². The lowest BCUT2D eigenvalue weighted by Gasteiger charge is -2.60. The van der Waals surface area contributed by atoms with Gasteiger partial charge in [-0.3, -0.25) is 4.79 Å². The van der Waals surface area contributed by atoms with Crippen molar-refractivity contribution in [2.45, 2.75) is 52.1 Å². The van der Waals surface area contributed by atoms with Gasteiger partial charge in [0, 0.05) is 13.0 Å². The molecule has 28 heavy (non-hydrogen) atoms. The average molecular weight is 386 g/mol. The molecule has 0 heterocycles. The second-order valence-electron chi connectivity index (χ2n) is 9.06. The predicted octanol–water partition coefficient (Wildman–Crippen LogP) is 4.31. The Morgan fingerprint density at radius 2 is 1.79 bits per heavy atom. The lowest BCUT2D eigenvalue weighted by molar-refractivity contribution is -0.151. The fourth-order valence-corrected chi connectivity index (χ4v) is 6.29. The Balaban J connectivity index is 1.30. The van der Waals surface area contributed by atoms with Gasteiger partial charge in [0.15, 0.2) is 0 Å². The van der Waals surface area contributed by atoms with Crippen molar-refractivity contribution in [3.63, 3.8) is 0 Å². The van der Waals surface area contributed by atoms with Gasteiger partial charge >= 0.3 is 12.1 Å². The summed E-state index contributed by atoms with van der Waals surface area (Å²) in [7, 11) is 0. The number of alkyl carbamates (subject to hydrolysis) is 1. The molecule has 5 atom stereocenters. The molecule has 152 valence electrons. The van der Waals surface area contributed by atoms with Crippen LogP contribution < -0.4 is 5.32 Å². The number of ether oxygens (including phenoxy) is 2. The first-order chi connectivity index (χ1) is 13.6. The molecule has 0 spiro atoms.